The van der Waals surface area contributed by atoms with Gasteiger partial charge in [-0.1, -0.05) is 19.1 Å². The lowest BCUT2D eigenvalue weighted by atomic mass is 9.82. The van der Waals surface area contributed by atoms with E-state index in [9.17, 15) is 0 Å². The van der Waals surface area contributed by atoms with Gasteiger partial charge in [-0.3, -0.25) is 0 Å². The fourth-order valence-electron chi connectivity index (χ4n) is 2.33. The highest BCUT2D eigenvalue weighted by atomic mass is 15.0. The molecule has 1 aromatic heterocycles. The number of hydrogen-bond acceptors (Lipinski definition) is 3. The summed E-state index contributed by atoms with van der Waals surface area (Å²) in [5, 5.41) is 4.62. The molecule has 1 aromatic carbocycles. The van der Waals surface area contributed by atoms with Crippen LogP contribution in [-0.2, 0) is 0 Å². The molecule has 0 atom stereocenters. The Morgan fingerprint density at radius 1 is 1.19 bits per heavy atom. The summed E-state index contributed by atoms with van der Waals surface area (Å²) in [4.78, 5) is 8.59. The topological polar surface area (TPSA) is 37.8 Å². The minimum atomic E-state index is 0.591. The van der Waals surface area contributed by atoms with Crippen molar-refractivity contribution in [3.63, 3.8) is 0 Å². The molecule has 0 amide bonds. The van der Waals surface area contributed by atoms with Crippen molar-refractivity contribution >= 4 is 16.7 Å². The maximum Gasteiger partial charge on any atom is 0.137 e. The lowest BCUT2D eigenvalue weighted by Gasteiger charge is -2.33. The SMILES string of the molecule is CC1CC(Nc2ncnc3ccccc23)C1. The first-order chi connectivity index (χ1) is 7.83. The van der Waals surface area contributed by atoms with Crippen molar-refractivity contribution in [1.29, 1.82) is 0 Å². The van der Waals surface area contributed by atoms with Crippen molar-refractivity contribution < 1.29 is 0 Å². The second kappa shape index (κ2) is 3.74. The van der Waals surface area contributed by atoms with Crippen LogP contribution in [0.15, 0.2) is 30.6 Å². The van der Waals surface area contributed by atoms with Gasteiger partial charge in [0, 0.05) is 11.4 Å². The molecular formula is C13H15N3. The third kappa shape index (κ3) is 1.62. The Kier molecular flexibility index (Phi) is 2.24. The lowest BCUT2D eigenvalue weighted by Crippen LogP contribution is -2.34. The van der Waals surface area contributed by atoms with Crippen LogP contribution in [0.5, 0.6) is 0 Å². The molecule has 0 radical (unpaired) electrons. The van der Waals surface area contributed by atoms with Gasteiger partial charge in [0.05, 0.1) is 5.52 Å². The smallest absolute Gasteiger partial charge is 0.137 e. The first-order valence-corrected chi connectivity index (χ1v) is 5.79. The molecule has 1 aliphatic carbocycles. The Morgan fingerprint density at radius 3 is 2.81 bits per heavy atom. The summed E-state index contributed by atoms with van der Waals surface area (Å²) in [5.41, 5.74) is 1.01. The average Bonchev–Trinajstić information content (AvgIpc) is 2.27. The fourth-order valence-corrected chi connectivity index (χ4v) is 2.33. The Balaban J connectivity index is 1.91. The third-order valence-corrected chi connectivity index (χ3v) is 3.26. The number of nitrogens with one attached hydrogen (secondary N) is 1. The monoisotopic (exact) mass is 213 g/mol. The van der Waals surface area contributed by atoms with Crippen molar-refractivity contribution in [2.24, 2.45) is 5.92 Å². The minimum absolute atomic E-state index is 0.591. The zero-order valence-electron chi connectivity index (χ0n) is 9.35. The summed E-state index contributed by atoms with van der Waals surface area (Å²) < 4.78 is 0. The summed E-state index contributed by atoms with van der Waals surface area (Å²) in [6.07, 6.45) is 4.13. The van der Waals surface area contributed by atoms with E-state index in [2.05, 4.69) is 28.3 Å². The first kappa shape index (κ1) is 9.58. The maximum atomic E-state index is 4.33. The normalized spacial score (nSPS) is 24.1. The molecule has 3 nitrogen and oxygen atoms in total. The Morgan fingerprint density at radius 2 is 2.00 bits per heavy atom. The van der Waals surface area contributed by atoms with Crippen molar-refractivity contribution in [2.45, 2.75) is 25.8 Å². The largest absolute Gasteiger partial charge is 0.367 e. The van der Waals surface area contributed by atoms with E-state index in [-0.39, 0.29) is 0 Å². The number of fused-ring (bicyclic) bond motifs is 1. The van der Waals surface area contributed by atoms with Gasteiger partial charge in [0.1, 0.15) is 12.1 Å². The van der Waals surface area contributed by atoms with E-state index < -0.39 is 0 Å². The first-order valence-electron chi connectivity index (χ1n) is 5.79. The molecule has 0 spiro atoms. The van der Waals surface area contributed by atoms with E-state index in [4.69, 9.17) is 0 Å². The number of rotatable bonds is 2. The highest BCUT2D eigenvalue weighted by Crippen LogP contribution is 2.30. The molecule has 1 N–H and O–H groups in total. The molecule has 3 rings (SSSR count). The molecule has 1 heterocycles. The zero-order chi connectivity index (χ0) is 11.0. The summed E-state index contributed by atoms with van der Waals surface area (Å²) >= 11 is 0. The summed E-state index contributed by atoms with van der Waals surface area (Å²) in [6.45, 7) is 2.29. The highest BCUT2D eigenvalue weighted by Gasteiger charge is 2.25. The van der Waals surface area contributed by atoms with E-state index in [0.29, 0.717) is 6.04 Å². The highest BCUT2D eigenvalue weighted by molar-refractivity contribution is 5.88. The van der Waals surface area contributed by atoms with Crippen LogP contribution in [0.3, 0.4) is 0 Å². The molecule has 0 saturated heterocycles. The van der Waals surface area contributed by atoms with Gasteiger partial charge in [0.2, 0.25) is 0 Å². The van der Waals surface area contributed by atoms with Crippen LogP contribution in [0.2, 0.25) is 0 Å². The van der Waals surface area contributed by atoms with Crippen LogP contribution in [-0.4, -0.2) is 16.0 Å². The van der Waals surface area contributed by atoms with Crippen LogP contribution in [0.4, 0.5) is 5.82 Å². The molecule has 1 saturated carbocycles. The van der Waals surface area contributed by atoms with E-state index >= 15 is 0 Å². The summed E-state index contributed by atoms with van der Waals surface area (Å²) in [6, 6.07) is 8.71. The van der Waals surface area contributed by atoms with E-state index in [1.165, 1.54) is 12.8 Å². The molecule has 1 fully saturated rings. The quantitative estimate of drug-likeness (QED) is 0.833. The molecule has 16 heavy (non-hydrogen) atoms. The van der Waals surface area contributed by atoms with E-state index in [0.717, 1.165) is 22.6 Å². The summed E-state index contributed by atoms with van der Waals surface area (Å²) in [7, 11) is 0. The van der Waals surface area contributed by atoms with E-state index in [1.807, 2.05) is 18.2 Å². The molecule has 0 bridgehead atoms. The van der Waals surface area contributed by atoms with Gasteiger partial charge in [-0.25, -0.2) is 9.97 Å². The standard InChI is InChI=1S/C13H15N3/c1-9-6-10(7-9)16-13-11-4-2-3-5-12(11)14-8-15-13/h2-5,8-10H,6-7H2,1H3,(H,14,15,16). The molecular weight excluding hydrogens is 198 g/mol. The molecule has 0 unspecified atom stereocenters. The minimum Gasteiger partial charge on any atom is -0.367 e. The molecule has 1 aliphatic rings. The molecule has 2 aromatic rings. The number of para-hydroxylation sites is 1. The van der Waals surface area contributed by atoms with Crippen LogP contribution >= 0.6 is 0 Å². The Bertz CT molecular complexity index is 498. The fraction of sp³-hybridized carbons (Fsp3) is 0.385. The average molecular weight is 213 g/mol. The van der Waals surface area contributed by atoms with Gasteiger partial charge in [0.25, 0.3) is 0 Å². The van der Waals surface area contributed by atoms with E-state index in [1.54, 1.807) is 6.33 Å². The number of hydrogen-bond donors (Lipinski definition) is 1. The van der Waals surface area contributed by atoms with Gasteiger partial charge >= 0.3 is 0 Å². The predicted octanol–water partition coefficient (Wildman–Crippen LogP) is 2.84. The number of benzene rings is 1. The van der Waals surface area contributed by atoms with Crippen molar-refractivity contribution in [3.8, 4) is 0 Å². The number of anilines is 1. The second-order valence-corrected chi connectivity index (χ2v) is 4.66. The molecule has 3 heteroatoms. The third-order valence-electron chi connectivity index (χ3n) is 3.26. The van der Waals surface area contributed by atoms with Gasteiger partial charge in [-0.2, -0.15) is 0 Å². The number of aromatic nitrogens is 2. The van der Waals surface area contributed by atoms with Gasteiger partial charge in [0.15, 0.2) is 0 Å². The van der Waals surface area contributed by atoms with Gasteiger partial charge in [-0.05, 0) is 30.9 Å². The summed E-state index contributed by atoms with van der Waals surface area (Å²) in [5.74, 6) is 1.83. The van der Waals surface area contributed by atoms with Gasteiger partial charge < -0.3 is 5.32 Å². The van der Waals surface area contributed by atoms with Crippen LogP contribution in [0.25, 0.3) is 10.9 Å². The Hall–Kier alpha value is -1.64. The maximum absolute atomic E-state index is 4.33. The van der Waals surface area contributed by atoms with Crippen LogP contribution in [0.1, 0.15) is 19.8 Å². The van der Waals surface area contributed by atoms with Crippen molar-refractivity contribution in [1.82, 2.24) is 9.97 Å². The van der Waals surface area contributed by atoms with Gasteiger partial charge in [-0.15, -0.1) is 0 Å². The molecule has 0 aliphatic heterocycles. The van der Waals surface area contributed by atoms with Crippen LogP contribution < -0.4 is 5.32 Å². The van der Waals surface area contributed by atoms with Crippen molar-refractivity contribution in [2.75, 3.05) is 5.32 Å². The second-order valence-electron chi connectivity index (χ2n) is 4.66. The van der Waals surface area contributed by atoms with Crippen molar-refractivity contribution in [3.05, 3.63) is 30.6 Å². The predicted molar refractivity (Wildman–Crippen MR) is 65.3 cm³/mol. The Labute approximate surface area is 94.9 Å². The number of nitrogens with zero attached hydrogens (tertiary/aromatic N) is 2. The van der Waals surface area contributed by atoms with Crippen LogP contribution in [0, 0.1) is 5.92 Å². The lowest BCUT2D eigenvalue weighted by molar-refractivity contribution is 0.309. The zero-order valence-corrected chi connectivity index (χ0v) is 9.35. The molecule has 82 valence electrons.